The van der Waals surface area contributed by atoms with Crippen LogP contribution in [0.5, 0.6) is 0 Å². The molecular weight excluding hydrogens is 486 g/mol. The molecule has 0 aliphatic heterocycles. The van der Waals surface area contributed by atoms with Crippen molar-refractivity contribution in [2.45, 2.75) is 5.16 Å². The number of anilines is 1. The molecule has 0 saturated heterocycles. The molecule has 0 unspecified atom stereocenters. The number of carbonyl (C=O) groups is 1. The molecule has 2 aromatic heterocycles. The number of amides is 1. The number of benzene rings is 2. The number of thioether (sulfide) groups is 1. The fraction of sp³-hybridized carbons (Fsp3) is 0.0476. The van der Waals surface area contributed by atoms with Gasteiger partial charge in [0.2, 0.25) is 5.91 Å². The van der Waals surface area contributed by atoms with Gasteiger partial charge < -0.3 is 5.32 Å². The number of pyridine rings is 1. The molecule has 0 aliphatic carbocycles. The van der Waals surface area contributed by atoms with Crippen molar-refractivity contribution in [3.8, 4) is 17.1 Å². The van der Waals surface area contributed by atoms with Gasteiger partial charge in [0.15, 0.2) is 11.0 Å². The van der Waals surface area contributed by atoms with E-state index in [0.29, 0.717) is 21.7 Å². The first-order chi connectivity index (χ1) is 14.6. The first kappa shape index (κ1) is 20.6. The Balaban J connectivity index is 1.59. The molecule has 0 bridgehead atoms. The molecule has 1 amide bonds. The third-order valence-electron chi connectivity index (χ3n) is 4.08. The Hall–Kier alpha value is -2.68. The molecule has 0 atom stereocenters. The van der Waals surface area contributed by atoms with Crippen molar-refractivity contribution in [2.75, 3.05) is 11.1 Å². The van der Waals surface area contributed by atoms with Crippen LogP contribution in [0.3, 0.4) is 0 Å². The summed E-state index contributed by atoms with van der Waals surface area (Å²) in [5, 5.41) is 12.7. The zero-order valence-corrected chi connectivity index (χ0v) is 18.7. The predicted octanol–water partition coefficient (Wildman–Crippen LogP) is 5.48. The first-order valence-corrected chi connectivity index (χ1v) is 11.1. The van der Waals surface area contributed by atoms with E-state index >= 15 is 0 Å². The standard InChI is InChI=1S/C21H15BrClN5OS/c22-15-6-8-18(9-7-15)28-20(14-3-2-10-24-12-14)26-27-21(28)30-13-19(29)25-17-5-1-4-16(23)11-17/h1-12H,13H2,(H,25,29). The maximum atomic E-state index is 12.4. The lowest BCUT2D eigenvalue weighted by Crippen LogP contribution is -2.14. The second-order valence-corrected chi connectivity index (χ2v) is 8.50. The van der Waals surface area contributed by atoms with Gasteiger partial charge in [-0.2, -0.15) is 0 Å². The molecule has 0 radical (unpaired) electrons. The Bertz CT molecular complexity index is 1170. The highest BCUT2D eigenvalue weighted by Gasteiger charge is 2.17. The largest absolute Gasteiger partial charge is 0.325 e. The van der Waals surface area contributed by atoms with E-state index in [1.807, 2.05) is 41.0 Å². The molecule has 150 valence electrons. The summed E-state index contributed by atoms with van der Waals surface area (Å²) in [5.41, 5.74) is 2.38. The van der Waals surface area contributed by atoms with Gasteiger partial charge in [-0.05, 0) is 54.6 Å². The van der Waals surface area contributed by atoms with E-state index in [4.69, 9.17) is 11.6 Å². The maximum Gasteiger partial charge on any atom is 0.234 e. The lowest BCUT2D eigenvalue weighted by molar-refractivity contribution is -0.113. The Morgan fingerprint density at radius 3 is 2.67 bits per heavy atom. The van der Waals surface area contributed by atoms with Crippen LogP contribution in [-0.2, 0) is 4.79 Å². The van der Waals surface area contributed by atoms with Crippen molar-refractivity contribution in [1.29, 1.82) is 0 Å². The van der Waals surface area contributed by atoms with E-state index < -0.39 is 0 Å². The van der Waals surface area contributed by atoms with Crippen LogP contribution in [0.1, 0.15) is 0 Å². The van der Waals surface area contributed by atoms with Gasteiger partial charge in [-0.3, -0.25) is 14.3 Å². The van der Waals surface area contributed by atoms with Gasteiger partial charge in [0.1, 0.15) is 0 Å². The van der Waals surface area contributed by atoms with Crippen LogP contribution in [0.15, 0.2) is 82.7 Å². The molecule has 4 rings (SSSR count). The van der Waals surface area contributed by atoms with Gasteiger partial charge in [-0.1, -0.05) is 45.4 Å². The number of nitrogens with one attached hydrogen (secondary N) is 1. The minimum absolute atomic E-state index is 0.157. The fourth-order valence-electron chi connectivity index (χ4n) is 2.76. The second-order valence-electron chi connectivity index (χ2n) is 6.21. The molecule has 2 heterocycles. The summed E-state index contributed by atoms with van der Waals surface area (Å²) >= 11 is 10.7. The monoisotopic (exact) mass is 499 g/mol. The van der Waals surface area contributed by atoms with E-state index in [-0.39, 0.29) is 11.7 Å². The number of nitrogens with zero attached hydrogens (tertiary/aromatic N) is 4. The van der Waals surface area contributed by atoms with Gasteiger partial charge in [0, 0.05) is 38.8 Å². The maximum absolute atomic E-state index is 12.4. The highest BCUT2D eigenvalue weighted by molar-refractivity contribution is 9.10. The number of halogens is 2. The summed E-state index contributed by atoms with van der Waals surface area (Å²) in [6, 6.07) is 18.6. The summed E-state index contributed by atoms with van der Waals surface area (Å²) in [7, 11) is 0. The van der Waals surface area contributed by atoms with Crippen LogP contribution in [0.4, 0.5) is 5.69 Å². The zero-order chi connectivity index (χ0) is 20.9. The van der Waals surface area contributed by atoms with Crippen molar-refractivity contribution in [1.82, 2.24) is 19.7 Å². The first-order valence-electron chi connectivity index (χ1n) is 8.90. The summed E-state index contributed by atoms with van der Waals surface area (Å²) in [4.78, 5) is 16.6. The molecule has 2 aromatic carbocycles. The average molecular weight is 501 g/mol. The Morgan fingerprint density at radius 2 is 1.93 bits per heavy atom. The topological polar surface area (TPSA) is 72.7 Å². The van der Waals surface area contributed by atoms with Crippen LogP contribution in [0.2, 0.25) is 5.02 Å². The number of hydrogen-bond acceptors (Lipinski definition) is 5. The quantitative estimate of drug-likeness (QED) is 0.355. The highest BCUT2D eigenvalue weighted by atomic mass is 79.9. The minimum atomic E-state index is -0.157. The van der Waals surface area contributed by atoms with E-state index in [9.17, 15) is 4.79 Å². The van der Waals surface area contributed by atoms with Gasteiger partial charge in [-0.25, -0.2) is 0 Å². The Morgan fingerprint density at radius 1 is 1.10 bits per heavy atom. The van der Waals surface area contributed by atoms with Gasteiger partial charge in [0.25, 0.3) is 0 Å². The van der Waals surface area contributed by atoms with Crippen LogP contribution < -0.4 is 5.32 Å². The lowest BCUT2D eigenvalue weighted by atomic mass is 10.2. The summed E-state index contributed by atoms with van der Waals surface area (Å²) in [6.45, 7) is 0. The average Bonchev–Trinajstić information content (AvgIpc) is 3.17. The van der Waals surface area contributed by atoms with Crippen LogP contribution >= 0.6 is 39.3 Å². The van der Waals surface area contributed by atoms with E-state index in [1.54, 1.807) is 36.7 Å². The SMILES string of the molecule is O=C(CSc1nnc(-c2cccnc2)n1-c1ccc(Br)cc1)Nc1cccc(Cl)c1. The number of carbonyl (C=O) groups excluding carboxylic acids is 1. The third-order valence-corrected chi connectivity index (χ3v) is 5.77. The zero-order valence-electron chi connectivity index (χ0n) is 15.5. The van der Waals surface area contributed by atoms with E-state index in [1.165, 1.54) is 11.8 Å². The Labute approximate surface area is 190 Å². The third kappa shape index (κ3) is 4.89. The van der Waals surface area contributed by atoms with Crippen molar-refractivity contribution >= 4 is 50.9 Å². The van der Waals surface area contributed by atoms with Crippen molar-refractivity contribution in [2.24, 2.45) is 0 Å². The number of hydrogen-bond donors (Lipinski definition) is 1. The predicted molar refractivity (Wildman–Crippen MR) is 123 cm³/mol. The number of aromatic nitrogens is 4. The molecule has 1 N–H and O–H groups in total. The summed E-state index contributed by atoms with van der Waals surface area (Å²) < 4.78 is 2.89. The van der Waals surface area contributed by atoms with Crippen molar-refractivity contribution in [3.63, 3.8) is 0 Å². The smallest absolute Gasteiger partial charge is 0.234 e. The molecule has 4 aromatic rings. The van der Waals surface area contributed by atoms with Gasteiger partial charge in [-0.15, -0.1) is 10.2 Å². The van der Waals surface area contributed by atoms with Crippen LogP contribution in [-0.4, -0.2) is 31.4 Å². The molecule has 0 saturated carbocycles. The fourth-order valence-corrected chi connectivity index (χ4v) is 3.97. The van der Waals surface area contributed by atoms with Crippen LogP contribution in [0.25, 0.3) is 17.1 Å². The van der Waals surface area contributed by atoms with Gasteiger partial charge >= 0.3 is 0 Å². The lowest BCUT2D eigenvalue weighted by Gasteiger charge is -2.10. The summed E-state index contributed by atoms with van der Waals surface area (Å²) in [6.07, 6.45) is 3.44. The molecule has 0 spiro atoms. The highest BCUT2D eigenvalue weighted by Crippen LogP contribution is 2.28. The second kappa shape index (κ2) is 9.42. The van der Waals surface area contributed by atoms with Gasteiger partial charge in [0.05, 0.1) is 5.75 Å². The van der Waals surface area contributed by atoms with E-state index in [2.05, 4.69) is 36.4 Å². The van der Waals surface area contributed by atoms with Crippen molar-refractivity contribution in [3.05, 3.63) is 82.6 Å². The molecular formula is C21H15BrClN5OS. The molecule has 0 fully saturated rings. The molecule has 6 nitrogen and oxygen atoms in total. The summed E-state index contributed by atoms with van der Waals surface area (Å²) in [5.74, 6) is 0.674. The molecule has 9 heteroatoms. The number of rotatable bonds is 6. The minimum Gasteiger partial charge on any atom is -0.325 e. The van der Waals surface area contributed by atoms with E-state index in [0.717, 1.165) is 15.7 Å². The Kier molecular flexibility index (Phi) is 6.47. The normalized spacial score (nSPS) is 10.7. The molecule has 0 aliphatic rings. The van der Waals surface area contributed by atoms with Crippen LogP contribution in [0, 0.1) is 0 Å². The molecule has 30 heavy (non-hydrogen) atoms. The van der Waals surface area contributed by atoms with Crippen molar-refractivity contribution < 1.29 is 4.79 Å².